The fourth-order valence-corrected chi connectivity index (χ4v) is 4.80. The zero-order valence-corrected chi connectivity index (χ0v) is 26.3. The lowest BCUT2D eigenvalue weighted by Crippen LogP contribution is -2.32. The molecule has 0 aromatic heterocycles. The minimum Gasteiger partial charge on any atom is -0.465 e. The van der Waals surface area contributed by atoms with E-state index in [1.807, 2.05) is 13.8 Å². The van der Waals surface area contributed by atoms with Gasteiger partial charge in [0.1, 0.15) is 6.10 Å². The monoisotopic (exact) mass is 583 g/mol. The lowest BCUT2D eigenvalue weighted by atomic mass is 10.1. The molecule has 1 fully saturated rings. The first-order chi connectivity index (χ1) is 19.8. The topological polar surface area (TPSA) is 108 Å². The number of hydrogen-bond donors (Lipinski definition) is 0. The van der Waals surface area contributed by atoms with Gasteiger partial charge in [0, 0.05) is 31.2 Å². The highest BCUT2D eigenvalue weighted by molar-refractivity contribution is 5.72. The van der Waals surface area contributed by atoms with Gasteiger partial charge >= 0.3 is 24.0 Å². The van der Waals surface area contributed by atoms with E-state index in [0.717, 1.165) is 44.9 Å². The number of rotatable bonds is 23. The highest BCUT2D eigenvalue weighted by atomic mass is 16.6. The molecule has 0 bridgehead atoms. The van der Waals surface area contributed by atoms with E-state index < -0.39 is 24.1 Å². The molecule has 0 aliphatic carbocycles. The second-order valence-electron chi connectivity index (χ2n) is 11.5. The molecule has 1 amide bonds. The fraction of sp³-hybridized carbons (Fsp3) is 0.875. The minimum atomic E-state index is -0.494. The summed E-state index contributed by atoms with van der Waals surface area (Å²) in [5.74, 6) is -1.59. The number of likely N-dealkylation sites (tertiary alicyclic amines) is 1. The van der Waals surface area contributed by atoms with Crippen molar-refractivity contribution >= 4 is 24.0 Å². The largest absolute Gasteiger partial charge is 0.465 e. The second kappa shape index (κ2) is 23.3. The molecule has 0 saturated carbocycles. The Morgan fingerprint density at radius 3 is 1.68 bits per heavy atom. The first-order valence-corrected chi connectivity index (χ1v) is 16.2. The van der Waals surface area contributed by atoms with Crippen LogP contribution in [0.1, 0.15) is 130 Å². The Balaban J connectivity index is 2.55. The van der Waals surface area contributed by atoms with Crippen molar-refractivity contribution in [3.63, 3.8) is 0 Å². The maximum Gasteiger partial charge on any atom is 0.409 e. The number of esters is 3. The molecule has 238 valence electrons. The Bertz CT molecular complexity index is 711. The fourth-order valence-electron chi connectivity index (χ4n) is 4.80. The summed E-state index contributed by atoms with van der Waals surface area (Å²) in [5, 5.41) is 0. The highest BCUT2D eigenvalue weighted by Gasteiger charge is 2.36. The Morgan fingerprint density at radius 2 is 1.17 bits per heavy atom. The van der Waals surface area contributed by atoms with Gasteiger partial charge in [0.25, 0.3) is 0 Å². The van der Waals surface area contributed by atoms with E-state index in [9.17, 15) is 19.2 Å². The van der Waals surface area contributed by atoms with Crippen molar-refractivity contribution in [3.8, 4) is 0 Å². The molecule has 0 radical (unpaired) electrons. The molecular formula is C32H57NO8. The predicted octanol–water partition coefficient (Wildman–Crippen LogP) is 6.99. The van der Waals surface area contributed by atoms with Crippen molar-refractivity contribution in [2.45, 2.75) is 137 Å². The zero-order valence-electron chi connectivity index (χ0n) is 26.3. The van der Waals surface area contributed by atoms with Crippen LogP contribution in [-0.4, -0.2) is 67.9 Å². The van der Waals surface area contributed by atoms with Crippen LogP contribution in [0.3, 0.4) is 0 Å². The van der Waals surface area contributed by atoms with Crippen molar-refractivity contribution in [1.82, 2.24) is 4.90 Å². The zero-order chi connectivity index (χ0) is 30.3. The number of nitrogens with zero attached hydrogens (tertiary/aromatic N) is 1. The van der Waals surface area contributed by atoms with Crippen LogP contribution in [-0.2, 0) is 33.3 Å². The van der Waals surface area contributed by atoms with Gasteiger partial charge in [0.05, 0.1) is 32.8 Å². The van der Waals surface area contributed by atoms with E-state index >= 15 is 0 Å². The molecule has 41 heavy (non-hydrogen) atoms. The van der Waals surface area contributed by atoms with Gasteiger partial charge < -0.3 is 23.8 Å². The molecule has 9 nitrogen and oxygen atoms in total. The van der Waals surface area contributed by atoms with Gasteiger partial charge in [-0.1, -0.05) is 91.9 Å². The van der Waals surface area contributed by atoms with Gasteiger partial charge in [-0.2, -0.15) is 0 Å². The van der Waals surface area contributed by atoms with E-state index in [4.69, 9.17) is 18.9 Å². The molecule has 1 heterocycles. The minimum absolute atomic E-state index is 0.0102. The van der Waals surface area contributed by atoms with Crippen LogP contribution in [0.25, 0.3) is 0 Å². The highest BCUT2D eigenvalue weighted by Crippen LogP contribution is 2.22. The summed E-state index contributed by atoms with van der Waals surface area (Å²) < 4.78 is 21.9. The van der Waals surface area contributed by atoms with Crippen LogP contribution >= 0.6 is 0 Å². The third-order valence-corrected chi connectivity index (χ3v) is 7.40. The summed E-state index contributed by atoms with van der Waals surface area (Å²) in [6, 6.07) is 0. The maximum atomic E-state index is 12.8. The molecule has 1 saturated heterocycles. The van der Waals surface area contributed by atoms with Crippen molar-refractivity contribution in [1.29, 1.82) is 0 Å². The summed E-state index contributed by atoms with van der Waals surface area (Å²) in [6.45, 7) is 9.26. The van der Waals surface area contributed by atoms with Gasteiger partial charge in [-0.25, -0.2) is 4.79 Å². The van der Waals surface area contributed by atoms with E-state index in [-0.39, 0.29) is 44.0 Å². The number of unbranched alkanes of at least 4 members (excludes halogenated alkanes) is 10. The smallest absolute Gasteiger partial charge is 0.409 e. The average molecular weight is 584 g/mol. The van der Waals surface area contributed by atoms with E-state index in [0.29, 0.717) is 26.0 Å². The molecule has 2 atom stereocenters. The molecule has 0 aromatic carbocycles. The second-order valence-corrected chi connectivity index (χ2v) is 11.5. The predicted molar refractivity (Wildman–Crippen MR) is 158 cm³/mol. The molecule has 0 spiro atoms. The molecule has 0 N–H and O–H groups in total. The van der Waals surface area contributed by atoms with Crippen LogP contribution in [0.2, 0.25) is 0 Å². The number of carbonyl (C=O) groups excluding carboxylic acids is 4. The summed E-state index contributed by atoms with van der Waals surface area (Å²) in [7, 11) is 0. The van der Waals surface area contributed by atoms with E-state index in [1.54, 1.807) is 4.90 Å². The summed E-state index contributed by atoms with van der Waals surface area (Å²) in [5.41, 5.74) is 0. The molecule has 0 aromatic rings. The van der Waals surface area contributed by atoms with Gasteiger partial charge in [0.15, 0.2) is 0 Å². The number of amides is 1. The number of ether oxygens (including phenoxy) is 4. The Morgan fingerprint density at radius 1 is 0.659 bits per heavy atom. The SMILES string of the molecule is CCCCCCCCC(=O)OCC(COC(=O)CCCCCCCC)CC(=O)OC1CN(C(=O)OCCC)CC1C. The van der Waals surface area contributed by atoms with E-state index in [2.05, 4.69) is 13.8 Å². The molecule has 1 rings (SSSR count). The number of carbonyl (C=O) groups is 4. The van der Waals surface area contributed by atoms with Gasteiger partial charge in [-0.05, 0) is 19.3 Å². The third-order valence-electron chi connectivity index (χ3n) is 7.40. The normalized spacial score (nSPS) is 16.6. The number of hydrogen-bond acceptors (Lipinski definition) is 8. The Labute approximate surface area is 248 Å². The Kier molecular flexibility index (Phi) is 20.8. The van der Waals surface area contributed by atoms with Crippen LogP contribution < -0.4 is 0 Å². The maximum absolute atomic E-state index is 12.8. The lowest BCUT2D eigenvalue weighted by Gasteiger charge is -2.20. The van der Waals surface area contributed by atoms with Crippen molar-refractivity contribution < 1.29 is 38.1 Å². The van der Waals surface area contributed by atoms with Gasteiger partial charge in [-0.15, -0.1) is 0 Å². The first-order valence-electron chi connectivity index (χ1n) is 16.2. The summed E-state index contributed by atoms with van der Waals surface area (Å²) in [6.07, 6.45) is 13.4. The lowest BCUT2D eigenvalue weighted by molar-refractivity contribution is -0.157. The first kappa shape index (κ1) is 36.7. The van der Waals surface area contributed by atoms with Gasteiger partial charge in [0.2, 0.25) is 0 Å². The van der Waals surface area contributed by atoms with Gasteiger partial charge in [-0.3, -0.25) is 14.4 Å². The van der Waals surface area contributed by atoms with Crippen molar-refractivity contribution in [2.75, 3.05) is 32.9 Å². The third kappa shape index (κ3) is 18.0. The standard InChI is InChI=1S/C32H57NO8/c1-5-8-10-12-14-16-18-29(34)39-24-27(25-40-30(35)19-17-15-13-11-9-6-2)21-31(36)41-28-23-33(22-26(28)4)32(37)38-20-7-3/h26-28H,5-25H2,1-4H3. The van der Waals surface area contributed by atoms with Crippen molar-refractivity contribution in [2.24, 2.45) is 11.8 Å². The molecular weight excluding hydrogens is 526 g/mol. The molecule has 1 aliphatic rings. The quantitative estimate of drug-likeness (QED) is 0.0719. The van der Waals surface area contributed by atoms with Crippen LogP contribution in [0, 0.1) is 11.8 Å². The Hall–Kier alpha value is -2.32. The molecule has 1 aliphatic heterocycles. The average Bonchev–Trinajstić information content (AvgIpc) is 3.32. The molecule has 2 unspecified atom stereocenters. The van der Waals surface area contributed by atoms with Crippen molar-refractivity contribution in [3.05, 3.63) is 0 Å². The van der Waals surface area contributed by atoms with Crippen LogP contribution in [0.5, 0.6) is 0 Å². The van der Waals surface area contributed by atoms with Crippen LogP contribution in [0.4, 0.5) is 4.79 Å². The van der Waals surface area contributed by atoms with E-state index in [1.165, 1.54) is 38.5 Å². The van der Waals surface area contributed by atoms with Crippen LogP contribution in [0.15, 0.2) is 0 Å². The summed E-state index contributed by atoms with van der Waals surface area (Å²) in [4.78, 5) is 51.2. The molecule has 9 heteroatoms. The summed E-state index contributed by atoms with van der Waals surface area (Å²) >= 11 is 0.